The summed E-state index contributed by atoms with van der Waals surface area (Å²) in [4.78, 5) is 13.9. The number of methoxy groups -OCH3 is 2. The lowest BCUT2D eigenvalue weighted by Crippen LogP contribution is -2.59. The summed E-state index contributed by atoms with van der Waals surface area (Å²) in [6.07, 6.45) is 2.20. The van der Waals surface area contributed by atoms with E-state index >= 15 is 0 Å². The minimum absolute atomic E-state index is 0.389. The van der Waals surface area contributed by atoms with Crippen molar-refractivity contribution < 1.29 is 19.7 Å². The van der Waals surface area contributed by atoms with Gasteiger partial charge >= 0.3 is 0 Å². The van der Waals surface area contributed by atoms with E-state index in [1.807, 2.05) is 56.3 Å². The third-order valence-corrected chi connectivity index (χ3v) is 9.29. The molecule has 0 aliphatic carbocycles. The lowest BCUT2D eigenvalue weighted by Gasteiger charge is -2.44. The highest BCUT2D eigenvalue weighted by Gasteiger charge is 2.36. The first-order valence-corrected chi connectivity index (χ1v) is 15.9. The molecule has 6 rings (SSSR count). The first kappa shape index (κ1) is 31.7. The van der Waals surface area contributed by atoms with Crippen LogP contribution in [0.25, 0.3) is 33.6 Å². The van der Waals surface area contributed by atoms with Crippen molar-refractivity contribution in [2.45, 2.75) is 45.1 Å². The van der Waals surface area contributed by atoms with Crippen LogP contribution < -0.4 is 9.47 Å². The molecule has 0 amide bonds. The Morgan fingerprint density at radius 1 is 0.978 bits per heavy atom. The van der Waals surface area contributed by atoms with Crippen molar-refractivity contribution in [3.8, 4) is 45.3 Å². The fourth-order valence-electron chi connectivity index (χ4n) is 6.51. The van der Waals surface area contributed by atoms with E-state index in [1.54, 1.807) is 20.4 Å². The molecule has 2 aromatic heterocycles. The number of ether oxygens (including phenoxy) is 2. The zero-order valence-corrected chi connectivity index (χ0v) is 27.5. The van der Waals surface area contributed by atoms with E-state index < -0.39 is 5.60 Å². The number of aromatic nitrogens is 2. The summed E-state index contributed by atoms with van der Waals surface area (Å²) < 4.78 is 11.5. The van der Waals surface area contributed by atoms with Crippen LogP contribution in [-0.4, -0.2) is 82.1 Å². The second-order valence-electron chi connectivity index (χ2n) is 12.3. The molecule has 4 aromatic rings. The summed E-state index contributed by atoms with van der Waals surface area (Å²) in [6.45, 7) is 7.71. The number of hydrogen-bond acceptors (Lipinski definition) is 8. The second kappa shape index (κ2) is 12.9. The monoisotopic (exact) mass is 648 g/mol. The Labute approximate surface area is 274 Å². The van der Waals surface area contributed by atoms with E-state index in [0.717, 1.165) is 52.1 Å². The van der Waals surface area contributed by atoms with Crippen LogP contribution in [-0.2, 0) is 19.5 Å². The lowest BCUT2D eigenvalue weighted by molar-refractivity contribution is -0.0873. The first-order chi connectivity index (χ1) is 21.6. The molecule has 8 nitrogen and oxygen atoms in total. The predicted octanol–water partition coefficient (Wildman–Crippen LogP) is 6.11. The van der Waals surface area contributed by atoms with Crippen molar-refractivity contribution >= 4 is 23.2 Å². The number of β-amino-alcohol motifs (C(OH)–C–C–N with tert-alkyl or cyclic N) is 2. The Morgan fingerprint density at radius 3 is 2.44 bits per heavy atom. The normalized spacial score (nSPS) is 17.0. The molecule has 0 spiro atoms. The smallest absolute Gasteiger partial charge is 0.218 e. The molecule has 0 saturated carbocycles. The number of benzene rings is 2. The van der Waals surface area contributed by atoms with Gasteiger partial charge in [-0.3, -0.25) is 14.8 Å². The van der Waals surface area contributed by atoms with Crippen molar-refractivity contribution in [3.05, 3.63) is 81.5 Å². The molecule has 2 aliphatic rings. The Kier molecular flexibility index (Phi) is 9.07. The largest absolute Gasteiger partial charge is 0.496 e. The average molecular weight is 650 g/mol. The van der Waals surface area contributed by atoms with Crippen LogP contribution in [0.4, 0.5) is 0 Å². The summed E-state index contributed by atoms with van der Waals surface area (Å²) in [6, 6.07) is 15.8. The van der Waals surface area contributed by atoms with Gasteiger partial charge in [0, 0.05) is 78.8 Å². The number of rotatable bonds is 9. The fraction of sp³-hybridized carbons (Fsp3) is 0.371. The maximum atomic E-state index is 10.1. The molecule has 2 N–H and O–H groups in total. The molecule has 10 heteroatoms. The molecule has 4 heterocycles. The van der Waals surface area contributed by atoms with Crippen LogP contribution in [0.5, 0.6) is 11.6 Å². The third-order valence-electron chi connectivity index (χ3n) is 8.51. The molecule has 1 atom stereocenters. The van der Waals surface area contributed by atoms with E-state index in [-0.39, 0.29) is 6.10 Å². The van der Waals surface area contributed by atoms with E-state index in [9.17, 15) is 10.2 Å². The highest BCUT2D eigenvalue weighted by Crippen LogP contribution is 2.43. The summed E-state index contributed by atoms with van der Waals surface area (Å²) >= 11 is 14.2. The van der Waals surface area contributed by atoms with E-state index in [0.29, 0.717) is 60.0 Å². The van der Waals surface area contributed by atoms with E-state index in [4.69, 9.17) is 37.7 Å². The van der Waals surface area contributed by atoms with Crippen LogP contribution in [0.1, 0.15) is 30.5 Å². The molecule has 2 aromatic carbocycles. The number of nitrogens with zero attached hydrogens (tertiary/aromatic N) is 4. The lowest BCUT2D eigenvalue weighted by atomic mass is 9.93. The van der Waals surface area contributed by atoms with Gasteiger partial charge in [0.2, 0.25) is 5.88 Å². The SMILES string of the molecule is COc1cc(-c2nccc(-c3cccc(-c4ccc(CN5CC(C)(O)C5)c(OC)n4)c3Cl)c2Cl)cc2c1CN(CC(C)O)CC2. The van der Waals surface area contributed by atoms with Crippen molar-refractivity contribution in [2.75, 3.05) is 40.4 Å². The van der Waals surface area contributed by atoms with Crippen LogP contribution in [0.3, 0.4) is 0 Å². The standard InChI is InChI=1S/C35H38Cl2N4O4/c1-21(42)16-40-13-11-22-14-24(15-30(44-3)28(22)18-40)33-32(37)26(10-12-38-33)25-6-5-7-27(31(25)36)29-9-8-23(34(39-29)45-4)17-41-19-35(2,43)20-41/h5-10,12,14-15,21,42-43H,11,13,16-20H2,1-4H3. The second-order valence-corrected chi connectivity index (χ2v) is 13.1. The number of pyridine rings is 2. The molecule has 0 bridgehead atoms. The van der Waals surface area contributed by atoms with Gasteiger partial charge in [-0.05, 0) is 50.1 Å². The summed E-state index contributed by atoms with van der Waals surface area (Å²) in [5.74, 6) is 1.31. The van der Waals surface area contributed by atoms with Gasteiger partial charge in [0.25, 0.3) is 0 Å². The third kappa shape index (κ3) is 6.54. The number of hydrogen-bond donors (Lipinski definition) is 2. The topological polar surface area (TPSA) is 91.2 Å². The van der Waals surface area contributed by atoms with Crippen molar-refractivity contribution in [1.29, 1.82) is 0 Å². The van der Waals surface area contributed by atoms with Crippen molar-refractivity contribution in [2.24, 2.45) is 0 Å². The quantitative estimate of drug-likeness (QED) is 0.225. The van der Waals surface area contributed by atoms with Crippen LogP contribution >= 0.6 is 23.2 Å². The van der Waals surface area contributed by atoms with Gasteiger partial charge < -0.3 is 19.7 Å². The molecule has 0 radical (unpaired) electrons. The van der Waals surface area contributed by atoms with Gasteiger partial charge in [0.15, 0.2) is 0 Å². The van der Waals surface area contributed by atoms with E-state index in [1.165, 1.54) is 5.56 Å². The summed E-state index contributed by atoms with van der Waals surface area (Å²) in [7, 11) is 3.29. The number of halogens is 2. The molecule has 2 aliphatic heterocycles. The minimum Gasteiger partial charge on any atom is -0.496 e. The van der Waals surface area contributed by atoms with Gasteiger partial charge in [0.05, 0.1) is 47.4 Å². The van der Waals surface area contributed by atoms with Gasteiger partial charge in [-0.1, -0.05) is 47.5 Å². The molecule has 1 saturated heterocycles. The number of aliphatic hydroxyl groups excluding tert-OH is 1. The zero-order chi connectivity index (χ0) is 31.9. The van der Waals surface area contributed by atoms with Gasteiger partial charge in [-0.15, -0.1) is 0 Å². The Hall–Kier alpha value is -3.24. The minimum atomic E-state index is -0.643. The number of likely N-dealkylation sites (tertiary alicyclic amines) is 1. The molecule has 45 heavy (non-hydrogen) atoms. The summed E-state index contributed by atoms with van der Waals surface area (Å²) in [5.41, 5.74) is 7.13. The Bertz CT molecular complexity index is 1700. The fourth-order valence-corrected chi connectivity index (χ4v) is 7.16. The van der Waals surface area contributed by atoms with Gasteiger partial charge in [-0.2, -0.15) is 0 Å². The van der Waals surface area contributed by atoms with Crippen LogP contribution in [0, 0.1) is 0 Å². The highest BCUT2D eigenvalue weighted by molar-refractivity contribution is 6.39. The predicted molar refractivity (Wildman–Crippen MR) is 178 cm³/mol. The van der Waals surface area contributed by atoms with Crippen molar-refractivity contribution in [1.82, 2.24) is 19.8 Å². The van der Waals surface area contributed by atoms with Gasteiger partial charge in [0.1, 0.15) is 5.75 Å². The average Bonchev–Trinajstić information content (AvgIpc) is 3.00. The van der Waals surface area contributed by atoms with Crippen molar-refractivity contribution in [3.63, 3.8) is 0 Å². The van der Waals surface area contributed by atoms with Crippen LogP contribution in [0.15, 0.2) is 54.7 Å². The Morgan fingerprint density at radius 2 is 1.73 bits per heavy atom. The number of fused-ring (bicyclic) bond motifs is 1. The molecular weight excluding hydrogens is 611 g/mol. The zero-order valence-electron chi connectivity index (χ0n) is 26.0. The maximum Gasteiger partial charge on any atom is 0.218 e. The maximum absolute atomic E-state index is 10.1. The molecular formula is C35H38Cl2N4O4. The van der Waals surface area contributed by atoms with Gasteiger partial charge in [-0.25, -0.2) is 4.98 Å². The summed E-state index contributed by atoms with van der Waals surface area (Å²) in [5, 5.41) is 21.0. The van der Waals surface area contributed by atoms with E-state index in [2.05, 4.69) is 20.9 Å². The van der Waals surface area contributed by atoms with Crippen LogP contribution in [0.2, 0.25) is 10.0 Å². The highest BCUT2D eigenvalue weighted by atomic mass is 35.5. The first-order valence-electron chi connectivity index (χ1n) is 15.1. The number of aliphatic hydroxyl groups is 2. The molecule has 236 valence electrons. The Balaban J connectivity index is 1.32. The molecule has 1 fully saturated rings. The molecule has 1 unspecified atom stereocenters.